The summed E-state index contributed by atoms with van der Waals surface area (Å²) >= 11 is 0. The lowest BCUT2D eigenvalue weighted by molar-refractivity contribution is -0.179. The molecule has 0 aliphatic heterocycles. The number of carbonyl (C=O) groups excluding carboxylic acids is 1. The standard InChI is InChI=1S/C22H32O4/c1-5-20(2)12-9-16-15(14-20)7-8-17-21(16,3)10-6-11-22(17,4)26-19(25)13-18(23)24/h5,17H,1,6-14H2,2-4H3,(H,23,24)/t17-,20+,21-,22+/m0/s1. The molecule has 3 aliphatic rings. The van der Waals surface area contributed by atoms with E-state index in [0.29, 0.717) is 0 Å². The van der Waals surface area contributed by atoms with Crippen LogP contribution in [-0.4, -0.2) is 22.6 Å². The van der Waals surface area contributed by atoms with Crippen LogP contribution in [0.25, 0.3) is 0 Å². The van der Waals surface area contributed by atoms with E-state index in [4.69, 9.17) is 9.84 Å². The lowest BCUT2D eigenvalue weighted by atomic mass is 9.50. The van der Waals surface area contributed by atoms with Crippen LogP contribution in [0, 0.1) is 16.7 Å². The molecule has 0 aromatic heterocycles. The zero-order valence-electron chi connectivity index (χ0n) is 16.4. The molecule has 0 amide bonds. The highest BCUT2D eigenvalue weighted by atomic mass is 16.6. The van der Waals surface area contributed by atoms with Gasteiger partial charge >= 0.3 is 11.9 Å². The first-order valence-corrected chi connectivity index (χ1v) is 9.90. The first-order valence-electron chi connectivity index (χ1n) is 9.90. The second kappa shape index (κ2) is 6.54. The molecule has 4 nitrogen and oxygen atoms in total. The Morgan fingerprint density at radius 1 is 1.23 bits per heavy atom. The molecule has 0 bridgehead atoms. The number of hydrogen-bond acceptors (Lipinski definition) is 3. The van der Waals surface area contributed by atoms with Gasteiger partial charge in [-0.2, -0.15) is 0 Å². The minimum atomic E-state index is -1.12. The number of esters is 1. The van der Waals surface area contributed by atoms with E-state index in [2.05, 4.69) is 26.5 Å². The fourth-order valence-electron chi connectivity index (χ4n) is 6.05. The largest absolute Gasteiger partial charge is 0.481 e. The third-order valence-corrected chi connectivity index (χ3v) is 7.43. The Balaban J connectivity index is 1.88. The predicted octanol–water partition coefficient (Wildman–Crippen LogP) is 5.04. The summed E-state index contributed by atoms with van der Waals surface area (Å²) in [6.07, 6.45) is 9.94. The molecular weight excluding hydrogens is 328 g/mol. The predicted molar refractivity (Wildman–Crippen MR) is 101 cm³/mol. The highest BCUT2D eigenvalue weighted by Crippen LogP contribution is 2.61. The smallest absolute Gasteiger partial charge is 0.317 e. The molecule has 0 saturated heterocycles. The summed E-state index contributed by atoms with van der Waals surface area (Å²) < 4.78 is 5.81. The molecule has 26 heavy (non-hydrogen) atoms. The number of rotatable bonds is 4. The van der Waals surface area contributed by atoms with Crippen molar-refractivity contribution < 1.29 is 19.4 Å². The fraction of sp³-hybridized carbons (Fsp3) is 0.727. The molecular formula is C22H32O4. The van der Waals surface area contributed by atoms with Gasteiger partial charge in [0.25, 0.3) is 0 Å². The third-order valence-electron chi connectivity index (χ3n) is 7.43. The van der Waals surface area contributed by atoms with Gasteiger partial charge in [0, 0.05) is 5.92 Å². The number of carboxylic acid groups (broad SMARTS) is 1. The molecule has 4 heteroatoms. The summed E-state index contributed by atoms with van der Waals surface area (Å²) in [5.74, 6) is -1.46. The summed E-state index contributed by atoms with van der Waals surface area (Å²) in [7, 11) is 0. The zero-order chi connectivity index (χ0) is 19.2. The Kier molecular flexibility index (Phi) is 4.83. The van der Waals surface area contributed by atoms with E-state index in [9.17, 15) is 9.59 Å². The topological polar surface area (TPSA) is 63.6 Å². The first kappa shape index (κ1) is 19.2. The van der Waals surface area contributed by atoms with Crippen LogP contribution in [0.15, 0.2) is 23.8 Å². The lowest BCUT2D eigenvalue weighted by Gasteiger charge is -2.57. The molecule has 1 N–H and O–H groups in total. The average Bonchev–Trinajstić information content (AvgIpc) is 2.53. The highest BCUT2D eigenvalue weighted by molar-refractivity contribution is 5.90. The van der Waals surface area contributed by atoms with Crippen LogP contribution in [0.4, 0.5) is 0 Å². The molecule has 1 saturated carbocycles. The monoisotopic (exact) mass is 360 g/mol. The van der Waals surface area contributed by atoms with Gasteiger partial charge in [-0.25, -0.2) is 0 Å². The first-order chi connectivity index (χ1) is 12.1. The molecule has 0 radical (unpaired) electrons. The molecule has 0 unspecified atom stereocenters. The molecule has 0 heterocycles. The quantitative estimate of drug-likeness (QED) is 0.433. The number of allylic oxidation sites excluding steroid dienone is 3. The molecule has 3 rings (SSSR count). The van der Waals surface area contributed by atoms with Crippen molar-refractivity contribution in [1.82, 2.24) is 0 Å². The van der Waals surface area contributed by atoms with Crippen LogP contribution in [-0.2, 0) is 14.3 Å². The van der Waals surface area contributed by atoms with Crippen molar-refractivity contribution >= 4 is 11.9 Å². The summed E-state index contributed by atoms with van der Waals surface area (Å²) in [6, 6.07) is 0. The number of carboxylic acids is 1. The van der Waals surface area contributed by atoms with Gasteiger partial charge in [-0.3, -0.25) is 9.59 Å². The highest BCUT2D eigenvalue weighted by Gasteiger charge is 2.55. The average molecular weight is 360 g/mol. The van der Waals surface area contributed by atoms with Crippen LogP contribution in [0.2, 0.25) is 0 Å². The van der Waals surface area contributed by atoms with Crippen LogP contribution in [0.3, 0.4) is 0 Å². The summed E-state index contributed by atoms with van der Waals surface area (Å²) in [5, 5.41) is 8.89. The van der Waals surface area contributed by atoms with Gasteiger partial charge in [-0.15, -0.1) is 6.58 Å². The van der Waals surface area contributed by atoms with Crippen LogP contribution in [0.1, 0.15) is 78.6 Å². The second-order valence-corrected chi connectivity index (χ2v) is 9.34. The maximum atomic E-state index is 12.1. The van der Waals surface area contributed by atoms with E-state index in [1.165, 1.54) is 0 Å². The fourth-order valence-corrected chi connectivity index (χ4v) is 6.05. The summed E-state index contributed by atoms with van der Waals surface area (Å²) in [6.45, 7) is 10.7. The van der Waals surface area contributed by atoms with Gasteiger partial charge in [0.05, 0.1) is 0 Å². The molecule has 0 aromatic rings. The normalized spacial score (nSPS) is 39.6. The number of hydrogen-bond donors (Lipinski definition) is 1. The van der Waals surface area contributed by atoms with Crippen LogP contribution >= 0.6 is 0 Å². The number of fused-ring (bicyclic) bond motifs is 2. The number of aliphatic carboxylic acids is 1. The summed E-state index contributed by atoms with van der Waals surface area (Å²) in [4.78, 5) is 22.9. The van der Waals surface area contributed by atoms with Gasteiger partial charge in [-0.1, -0.05) is 31.1 Å². The lowest BCUT2D eigenvalue weighted by Crippen LogP contribution is -2.53. The van der Waals surface area contributed by atoms with Crippen molar-refractivity contribution in [1.29, 1.82) is 0 Å². The molecule has 0 spiro atoms. The maximum Gasteiger partial charge on any atom is 0.317 e. The van der Waals surface area contributed by atoms with E-state index in [1.54, 1.807) is 11.1 Å². The van der Waals surface area contributed by atoms with E-state index >= 15 is 0 Å². The van der Waals surface area contributed by atoms with E-state index in [-0.39, 0.29) is 16.7 Å². The van der Waals surface area contributed by atoms with Crippen LogP contribution in [0.5, 0.6) is 0 Å². The molecule has 3 aliphatic carbocycles. The minimum Gasteiger partial charge on any atom is -0.481 e. The second-order valence-electron chi connectivity index (χ2n) is 9.34. The number of carbonyl (C=O) groups is 2. The Morgan fingerprint density at radius 3 is 2.62 bits per heavy atom. The Labute approximate surface area is 156 Å². The molecule has 1 fully saturated rings. The zero-order valence-corrected chi connectivity index (χ0v) is 16.4. The third kappa shape index (κ3) is 3.23. The van der Waals surface area contributed by atoms with Crippen molar-refractivity contribution in [2.45, 2.75) is 84.2 Å². The summed E-state index contributed by atoms with van der Waals surface area (Å²) in [5.41, 5.74) is 2.89. The minimum absolute atomic E-state index is 0.0621. The SMILES string of the molecule is C=C[C@]1(C)CCC2=C(CC[C@@H]3[C@](C)(OC(=O)CC(=O)O)CCC[C@@]23C)C1. The van der Waals surface area contributed by atoms with Crippen molar-refractivity contribution in [2.75, 3.05) is 0 Å². The van der Waals surface area contributed by atoms with Crippen molar-refractivity contribution in [2.24, 2.45) is 16.7 Å². The molecule has 144 valence electrons. The van der Waals surface area contributed by atoms with E-state index < -0.39 is 24.0 Å². The van der Waals surface area contributed by atoms with Crippen LogP contribution < -0.4 is 0 Å². The maximum absolute atomic E-state index is 12.1. The van der Waals surface area contributed by atoms with Gasteiger partial charge < -0.3 is 9.84 Å². The number of ether oxygens (including phenoxy) is 1. The van der Waals surface area contributed by atoms with Gasteiger partial charge in [0.1, 0.15) is 12.0 Å². The molecule has 4 atom stereocenters. The van der Waals surface area contributed by atoms with Gasteiger partial charge in [0.15, 0.2) is 0 Å². The van der Waals surface area contributed by atoms with Gasteiger partial charge in [0.2, 0.25) is 0 Å². The Morgan fingerprint density at radius 2 is 1.96 bits per heavy atom. The van der Waals surface area contributed by atoms with E-state index in [0.717, 1.165) is 51.4 Å². The Bertz CT molecular complexity index is 663. The van der Waals surface area contributed by atoms with Gasteiger partial charge in [-0.05, 0) is 69.1 Å². The van der Waals surface area contributed by atoms with E-state index in [1.807, 2.05) is 6.92 Å². The van der Waals surface area contributed by atoms with Crippen molar-refractivity contribution in [3.63, 3.8) is 0 Å². The van der Waals surface area contributed by atoms with Crippen molar-refractivity contribution in [3.05, 3.63) is 23.8 Å². The molecule has 0 aromatic carbocycles. The Hall–Kier alpha value is -1.58. The van der Waals surface area contributed by atoms with Crippen molar-refractivity contribution in [3.8, 4) is 0 Å².